The Morgan fingerprint density at radius 2 is 2.20 bits per heavy atom. The molecule has 1 saturated carbocycles. The van der Waals surface area contributed by atoms with Crippen molar-refractivity contribution in [3.05, 3.63) is 33.8 Å². The second kappa shape index (κ2) is 5.86. The van der Waals surface area contributed by atoms with Crippen molar-refractivity contribution in [2.75, 3.05) is 13.1 Å². The van der Waals surface area contributed by atoms with Gasteiger partial charge >= 0.3 is 0 Å². The molecule has 1 N–H and O–H groups in total. The number of nitrogens with one attached hydrogen (secondary N) is 1. The van der Waals surface area contributed by atoms with Crippen molar-refractivity contribution in [2.24, 2.45) is 0 Å². The maximum Gasteiger partial charge on any atom is 0.254 e. The van der Waals surface area contributed by atoms with E-state index in [9.17, 15) is 4.79 Å². The predicted octanol–water partition coefficient (Wildman–Crippen LogP) is 3.11. The van der Waals surface area contributed by atoms with Gasteiger partial charge in [0.1, 0.15) is 0 Å². The van der Waals surface area contributed by atoms with Gasteiger partial charge in [0, 0.05) is 28.7 Å². The normalized spacial score (nSPS) is 22.0. The van der Waals surface area contributed by atoms with Gasteiger partial charge in [0.05, 0.1) is 0 Å². The first-order valence-electron chi connectivity index (χ1n) is 7.45. The fourth-order valence-electron chi connectivity index (χ4n) is 2.91. The second-order valence-electron chi connectivity index (χ2n) is 5.94. The fraction of sp³-hybridized carbons (Fsp3) is 0.562. The molecule has 1 aromatic carbocycles. The van der Waals surface area contributed by atoms with Gasteiger partial charge in [-0.05, 0) is 56.8 Å². The van der Waals surface area contributed by atoms with Crippen LogP contribution in [0.1, 0.15) is 41.6 Å². The minimum atomic E-state index is 0.194. The van der Waals surface area contributed by atoms with E-state index in [-0.39, 0.29) is 5.91 Å². The Labute approximate surface area is 128 Å². The molecule has 2 fully saturated rings. The van der Waals surface area contributed by atoms with E-state index < -0.39 is 0 Å². The summed E-state index contributed by atoms with van der Waals surface area (Å²) in [7, 11) is 0. The van der Waals surface area contributed by atoms with Gasteiger partial charge in [-0.15, -0.1) is 0 Å². The average Bonchev–Trinajstić information content (AvgIpc) is 3.15. The van der Waals surface area contributed by atoms with Gasteiger partial charge in [-0.3, -0.25) is 4.79 Å². The lowest BCUT2D eigenvalue weighted by Crippen LogP contribution is -2.42. The number of carbonyl (C=O) groups is 1. The zero-order valence-electron chi connectivity index (χ0n) is 11.9. The van der Waals surface area contributed by atoms with Gasteiger partial charge in [0.25, 0.3) is 5.91 Å². The molecular formula is C16H21BrN2O. The summed E-state index contributed by atoms with van der Waals surface area (Å²) < 4.78 is 0.973. The number of rotatable bonds is 4. The summed E-state index contributed by atoms with van der Waals surface area (Å²) in [6.45, 7) is 3.96. The van der Waals surface area contributed by atoms with E-state index in [4.69, 9.17) is 0 Å². The largest absolute Gasteiger partial charge is 0.334 e. The van der Waals surface area contributed by atoms with Crippen molar-refractivity contribution in [1.82, 2.24) is 10.2 Å². The maximum atomic E-state index is 12.9. The Morgan fingerprint density at radius 1 is 1.40 bits per heavy atom. The summed E-state index contributed by atoms with van der Waals surface area (Å²) in [4.78, 5) is 15.0. The molecule has 3 nitrogen and oxygen atoms in total. The molecule has 20 heavy (non-hydrogen) atoms. The highest BCUT2D eigenvalue weighted by Gasteiger charge is 2.35. The van der Waals surface area contributed by atoms with Gasteiger partial charge in [0.15, 0.2) is 0 Å². The van der Waals surface area contributed by atoms with Gasteiger partial charge in [-0.2, -0.15) is 0 Å². The van der Waals surface area contributed by atoms with Crippen LogP contribution in [0.2, 0.25) is 0 Å². The van der Waals surface area contributed by atoms with Crippen molar-refractivity contribution in [2.45, 2.75) is 44.7 Å². The van der Waals surface area contributed by atoms with E-state index in [1.54, 1.807) is 0 Å². The molecule has 108 valence electrons. The van der Waals surface area contributed by atoms with Crippen molar-refractivity contribution < 1.29 is 4.79 Å². The highest BCUT2D eigenvalue weighted by atomic mass is 79.9. The molecule has 0 bridgehead atoms. The number of benzene rings is 1. The molecule has 1 aromatic rings. The molecule has 0 aromatic heterocycles. The molecule has 4 heteroatoms. The molecule has 1 atom stereocenters. The molecule has 0 spiro atoms. The first kappa shape index (κ1) is 14.1. The lowest BCUT2D eigenvalue weighted by atomic mass is 10.1. The molecule has 1 unspecified atom stereocenters. The molecule has 2 aliphatic rings. The van der Waals surface area contributed by atoms with Crippen LogP contribution in [0.25, 0.3) is 0 Å². The number of hydrogen-bond acceptors (Lipinski definition) is 2. The molecule has 1 aliphatic carbocycles. The topological polar surface area (TPSA) is 32.3 Å². The van der Waals surface area contributed by atoms with Crippen molar-refractivity contribution >= 4 is 21.8 Å². The third-order valence-corrected chi connectivity index (χ3v) is 4.75. The van der Waals surface area contributed by atoms with E-state index in [1.807, 2.05) is 25.1 Å². The van der Waals surface area contributed by atoms with Gasteiger partial charge in [-0.1, -0.05) is 22.0 Å². The van der Waals surface area contributed by atoms with Gasteiger partial charge < -0.3 is 10.2 Å². The van der Waals surface area contributed by atoms with Crippen molar-refractivity contribution in [1.29, 1.82) is 0 Å². The van der Waals surface area contributed by atoms with Crippen LogP contribution in [-0.4, -0.2) is 36.0 Å². The Balaban J connectivity index is 1.79. The summed E-state index contributed by atoms with van der Waals surface area (Å²) in [6.07, 6.45) is 4.73. The third-order valence-electron chi connectivity index (χ3n) is 4.26. The van der Waals surface area contributed by atoms with Crippen LogP contribution < -0.4 is 5.32 Å². The SMILES string of the molecule is Cc1ccc(Br)cc1C(=O)N(CC1CCCN1)C1CC1. The van der Waals surface area contributed by atoms with Crippen molar-refractivity contribution in [3.63, 3.8) is 0 Å². The maximum absolute atomic E-state index is 12.9. The Kier molecular flexibility index (Phi) is 4.13. The van der Waals surface area contributed by atoms with Crippen LogP contribution in [0.3, 0.4) is 0 Å². The van der Waals surface area contributed by atoms with Crippen molar-refractivity contribution in [3.8, 4) is 0 Å². The summed E-state index contributed by atoms with van der Waals surface area (Å²) in [5.74, 6) is 0.194. The first-order valence-corrected chi connectivity index (χ1v) is 8.25. The molecule has 0 radical (unpaired) electrons. The average molecular weight is 337 g/mol. The summed E-state index contributed by atoms with van der Waals surface area (Å²) in [5.41, 5.74) is 1.90. The third kappa shape index (κ3) is 3.07. The summed E-state index contributed by atoms with van der Waals surface area (Å²) in [6, 6.07) is 6.90. The standard InChI is InChI=1S/C16H21BrN2O/c1-11-4-5-12(17)9-15(11)16(20)19(14-6-7-14)10-13-3-2-8-18-13/h4-5,9,13-14,18H,2-3,6-8,10H2,1H3. The van der Waals surface area contributed by atoms with Crippen LogP contribution in [0.4, 0.5) is 0 Å². The van der Waals surface area contributed by atoms with Gasteiger partial charge in [0.2, 0.25) is 0 Å². The lowest BCUT2D eigenvalue weighted by Gasteiger charge is -2.26. The molecule has 1 amide bonds. The number of hydrogen-bond donors (Lipinski definition) is 1. The number of aryl methyl sites for hydroxylation is 1. The number of nitrogens with zero attached hydrogens (tertiary/aromatic N) is 1. The van der Waals surface area contributed by atoms with Crippen LogP contribution in [0.15, 0.2) is 22.7 Å². The molecule has 1 aliphatic heterocycles. The van der Waals surface area contributed by atoms with E-state index in [1.165, 1.54) is 12.8 Å². The van der Waals surface area contributed by atoms with Crippen LogP contribution in [0, 0.1) is 6.92 Å². The quantitative estimate of drug-likeness (QED) is 0.916. The van der Waals surface area contributed by atoms with Crippen LogP contribution >= 0.6 is 15.9 Å². The highest BCUT2D eigenvalue weighted by molar-refractivity contribution is 9.10. The zero-order chi connectivity index (χ0) is 14.1. The minimum absolute atomic E-state index is 0.194. The predicted molar refractivity (Wildman–Crippen MR) is 84.0 cm³/mol. The van der Waals surface area contributed by atoms with E-state index in [2.05, 4.69) is 26.1 Å². The minimum Gasteiger partial charge on any atom is -0.334 e. The summed E-state index contributed by atoms with van der Waals surface area (Å²) in [5, 5.41) is 3.50. The fourth-order valence-corrected chi connectivity index (χ4v) is 3.27. The number of amides is 1. The monoisotopic (exact) mass is 336 g/mol. The Morgan fingerprint density at radius 3 is 2.85 bits per heavy atom. The molecular weight excluding hydrogens is 316 g/mol. The highest BCUT2D eigenvalue weighted by Crippen LogP contribution is 2.30. The van der Waals surface area contributed by atoms with Crippen LogP contribution in [0.5, 0.6) is 0 Å². The second-order valence-corrected chi connectivity index (χ2v) is 6.86. The number of halogens is 1. The zero-order valence-corrected chi connectivity index (χ0v) is 13.4. The number of carbonyl (C=O) groups excluding carboxylic acids is 1. The molecule has 3 rings (SSSR count). The van der Waals surface area contributed by atoms with E-state index in [0.29, 0.717) is 12.1 Å². The Bertz CT molecular complexity index is 507. The van der Waals surface area contributed by atoms with Gasteiger partial charge in [-0.25, -0.2) is 0 Å². The van der Waals surface area contributed by atoms with E-state index in [0.717, 1.165) is 41.5 Å². The lowest BCUT2D eigenvalue weighted by molar-refractivity contribution is 0.0728. The molecule has 1 saturated heterocycles. The first-order chi connectivity index (χ1) is 9.65. The molecule has 1 heterocycles. The van der Waals surface area contributed by atoms with Crippen LogP contribution in [-0.2, 0) is 0 Å². The van der Waals surface area contributed by atoms with E-state index >= 15 is 0 Å². The summed E-state index contributed by atoms with van der Waals surface area (Å²) >= 11 is 3.47. The Hall–Kier alpha value is -0.870. The smallest absolute Gasteiger partial charge is 0.254 e.